The van der Waals surface area contributed by atoms with Gasteiger partial charge in [-0.3, -0.25) is 14.8 Å². The van der Waals surface area contributed by atoms with Crippen LogP contribution in [0, 0.1) is 0 Å². The molecule has 0 aliphatic heterocycles. The van der Waals surface area contributed by atoms with E-state index in [1.54, 1.807) is 16.9 Å². The van der Waals surface area contributed by atoms with Crippen LogP contribution in [0.1, 0.15) is 24.2 Å². The van der Waals surface area contributed by atoms with Crippen LogP contribution >= 0.6 is 0 Å². The molecule has 1 unspecified atom stereocenters. The summed E-state index contributed by atoms with van der Waals surface area (Å²) in [4.78, 5) is 28.4. The van der Waals surface area contributed by atoms with Crippen molar-refractivity contribution < 1.29 is 9.59 Å². The number of fused-ring (bicyclic) bond motifs is 1. The number of nitrogens with zero attached hydrogens (tertiary/aromatic N) is 3. The van der Waals surface area contributed by atoms with Gasteiger partial charge in [0.2, 0.25) is 5.91 Å². The Bertz CT molecular complexity index is 1030. The first kappa shape index (κ1) is 20.1. The number of nitrogens with one attached hydrogen (secondary N) is 3. The molecule has 3 aromatic rings. The van der Waals surface area contributed by atoms with E-state index in [9.17, 15) is 9.59 Å². The highest BCUT2D eigenvalue weighted by molar-refractivity contribution is 5.92. The molecule has 0 radical (unpaired) electrons. The van der Waals surface area contributed by atoms with Crippen molar-refractivity contribution in [1.82, 2.24) is 25.4 Å². The lowest BCUT2D eigenvalue weighted by molar-refractivity contribution is -0.116. The molecule has 3 rings (SSSR count). The van der Waals surface area contributed by atoms with Crippen molar-refractivity contribution >= 4 is 28.7 Å². The Balaban J connectivity index is 1.74. The summed E-state index contributed by atoms with van der Waals surface area (Å²) in [6.07, 6.45) is 3.44. The largest absolute Gasteiger partial charge is 0.352 e. The Morgan fingerprint density at radius 2 is 2.03 bits per heavy atom. The second-order valence-electron chi connectivity index (χ2n) is 6.64. The van der Waals surface area contributed by atoms with Crippen molar-refractivity contribution in [2.75, 3.05) is 11.9 Å². The van der Waals surface area contributed by atoms with E-state index < -0.39 is 0 Å². The average molecular weight is 392 g/mol. The molecule has 8 nitrogen and oxygen atoms in total. The van der Waals surface area contributed by atoms with Gasteiger partial charge in [0.1, 0.15) is 5.82 Å². The summed E-state index contributed by atoms with van der Waals surface area (Å²) in [7, 11) is 1.83. The Morgan fingerprint density at radius 1 is 1.28 bits per heavy atom. The van der Waals surface area contributed by atoms with Gasteiger partial charge >= 0.3 is 6.03 Å². The summed E-state index contributed by atoms with van der Waals surface area (Å²) in [5.41, 5.74) is 2.61. The van der Waals surface area contributed by atoms with E-state index >= 15 is 0 Å². The number of hydrogen-bond donors (Lipinski definition) is 3. The third-order valence-corrected chi connectivity index (χ3v) is 4.52. The highest BCUT2D eigenvalue weighted by Gasteiger charge is 2.14. The zero-order chi connectivity index (χ0) is 20.8. The third-order valence-electron chi connectivity index (χ3n) is 4.52. The van der Waals surface area contributed by atoms with Gasteiger partial charge < -0.3 is 10.6 Å². The number of rotatable bonds is 7. The van der Waals surface area contributed by atoms with Crippen LogP contribution in [0.15, 0.2) is 55.3 Å². The summed E-state index contributed by atoms with van der Waals surface area (Å²) in [6, 6.07) is 11.0. The number of urea groups is 1. The molecule has 0 spiro atoms. The van der Waals surface area contributed by atoms with Gasteiger partial charge in [0.15, 0.2) is 0 Å². The molecule has 0 aliphatic rings. The van der Waals surface area contributed by atoms with E-state index in [0.717, 1.165) is 22.2 Å². The molecule has 0 bridgehead atoms. The molecule has 3 N–H and O–H groups in total. The normalized spacial score (nSPS) is 11.7. The maximum absolute atomic E-state index is 12.4. The number of carbonyl (C=O) groups is 2. The van der Waals surface area contributed by atoms with Crippen molar-refractivity contribution in [2.45, 2.75) is 19.4 Å². The minimum atomic E-state index is -0.344. The van der Waals surface area contributed by atoms with Crippen LogP contribution in [0.25, 0.3) is 10.9 Å². The fraction of sp³-hybridized carbons (Fsp3) is 0.238. The second-order valence-corrected chi connectivity index (χ2v) is 6.64. The smallest absolute Gasteiger partial charge is 0.320 e. The van der Waals surface area contributed by atoms with Crippen molar-refractivity contribution in [1.29, 1.82) is 0 Å². The lowest BCUT2D eigenvalue weighted by Crippen LogP contribution is -2.31. The molecular formula is C21H24N6O2. The quantitative estimate of drug-likeness (QED) is 0.538. The number of hydrogen-bond acceptors (Lipinski definition) is 4. The Labute approximate surface area is 169 Å². The van der Waals surface area contributed by atoms with Crippen LogP contribution in [-0.4, -0.2) is 33.2 Å². The van der Waals surface area contributed by atoms with Crippen LogP contribution in [-0.2, 0) is 18.3 Å². The predicted octanol–water partition coefficient (Wildman–Crippen LogP) is 2.70. The fourth-order valence-corrected chi connectivity index (χ4v) is 3.08. The van der Waals surface area contributed by atoms with E-state index in [-0.39, 0.29) is 18.0 Å². The second kappa shape index (κ2) is 9.01. The Morgan fingerprint density at radius 3 is 2.76 bits per heavy atom. The van der Waals surface area contributed by atoms with Crippen LogP contribution in [0.5, 0.6) is 0 Å². The molecule has 0 aliphatic carbocycles. The molecule has 2 heterocycles. The average Bonchev–Trinajstić information content (AvgIpc) is 3.09. The van der Waals surface area contributed by atoms with E-state index in [2.05, 4.69) is 32.6 Å². The van der Waals surface area contributed by atoms with Gasteiger partial charge in [0, 0.05) is 25.4 Å². The molecule has 29 heavy (non-hydrogen) atoms. The number of aromatic nitrogens is 3. The molecule has 150 valence electrons. The molecule has 1 atom stereocenters. The van der Waals surface area contributed by atoms with E-state index in [0.29, 0.717) is 18.8 Å². The first-order chi connectivity index (χ1) is 14.0. The van der Waals surface area contributed by atoms with Crippen molar-refractivity contribution in [3.05, 3.63) is 66.5 Å². The summed E-state index contributed by atoms with van der Waals surface area (Å²) in [6.45, 7) is 5.76. The van der Waals surface area contributed by atoms with Crippen LogP contribution < -0.4 is 16.0 Å². The summed E-state index contributed by atoms with van der Waals surface area (Å²) in [5, 5.41) is 13.6. The Kier molecular flexibility index (Phi) is 6.23. The zero-order valence-corrected chi connectivity index (χ0v) is 16.5. The molecule has 1 aromatic carbocycles. The van der Waals surface area contributed by atoms with Gasteiger partial charge in [-0.2, -0.15) is 5.10 Å². The molecular weight excluding hydrogens is 368 g/mol. The SMILES string of the molecule is C=CC(=O)NCCc1nc(NC(=O)NC(C)c2ccccc2)cc2cnn(C)c12. The van der Waals surface area contributed by atoms with E-state index in [4.69, 9.17) is 0 Å². The number of aryl methyl sites for hydroxylation is 1. The lowest BCUT2D eigenvalue weighted by Gasteiger charge is -2.15. The maximum Gasteiger partial charge on any atom is 0.320 e. The number of amides is 3. The zero-order valence-electron chi connectivity index (χ0n) is 16.5. The van der Waals surface area contributed by atoms with E-state index in [1.165, 1.54) is 6.08 Å². The topological polar surface area (TPSA) is 101 Å². The van der Waals surface area contributed by atoms with Gasteiger partial charge in [-0.25, -0.2) is 9.78 Å². The molecule has 0 fully saturated rings. The van der Waals surface area contributed by atoms with Crippen LogP contribution in [0.2, 0.25) is 0 Å². The summed E-state index contributed by atoms with van der Waals surface area (Å²) < 4.78 is 1.73. The highest BCUT2D eigenvalue weighted by Crippen LogP contribution is 2.21. The molecule has 2 aromatic heterocycles. The molecule has 0 saturated heterocycles. The first-order valence-electron chi connectivity index (χ1n) is 9.32. The van der Waals surface area contributed by atoms with Crippen LogP contribution in [0.4, 0.5) is 10.6 Å². The van der Waals surface area contributed by atoms with E-state index in [1.807, 2.05) is 44.3 Å². The van der Waals surface area contributed by atoms with Gasteiger partial charge in [-0.1, -0.05) is 36.9 Å². The minimum Gasteiger partial charge on any atom is -0.352 e. The van der Waals surface area contributed by atoms with Crippen LogP contribution in [0.3, 0.4) is 0 Å². The van der Waals surface area contributed by atoms with Gasteiger partial charge in [-0.15, -0.1) is 0 Å². The van der Waals surface area contributed by atoms with Gasteiger partial charge in [0.05, 0.1) is 23.4 Å². The monoisotopic (exact) mass is 392 g/mol. The third kappa shape index (κ3) is 4.98. The number of anilines is 1. The number of carbonyl (C=O) groups excluding carboxylic acids is 2. The summed E-state index contributed by atoms with van der Waals surface area (Å²) in [5.74, 6) is 0.183. The standard InChI is InChI=1S/C21H24N6O2/c1-4-19(28)22-11-10-17-20-16(13-23-27(20)3)12-18(25-17)26-21(29)24-14(2)15-8-6-5-7-9-15/h4-9,12-14H,1,10-11H2,2-3H3,(H,22,28)(H2,24,25,26,29). The molecule has 0 saturated carbocycles. The van der Waals surface area contributed by atoms with Gasteiger partial charge in [-0.05, 0) is 24.6 Å². The van der Waals surface area contributed by atoms with Crippen molar-refractivity contribution in [2.24, 2.45) is 7.05 Å². The maximum atomic E-state index is 12.4. The van der Waals surface area contributed by atoms with Gasteiger partial charge in [0.25, 0.3) is 0 Å². The molecule has 8 heteroatoms. The highest BCUT2D eigenvalue weighted by atomic mass is 16.2. The summed E-state index contributed by atoms with van der Waals surface area (Å²) >= 11 is 0. The van der Waals surface area contributed by atoms with Crippen molar-refractivity contribution in [3.63, 3.8) is 0 Å². The first-order valence-corrected chi connectivity index (χ1v) is 9.32. The Hall–Kier alpha value is -3.68. The number of pyridine rings is 1. The minimum absolute atomic E-state index is 0.146. The fourth-order valence-electron chi connectivity index (χ4n) is 3.08. The lowest BCUT2D eigenvalue weighted by atomic mass is 10.1. The van der Waals surface area contributed by atoms with Crippen molar-refractivity contribution in [3.8, 4) is 0 Å². The molecule has 3 amide bonds. The number of benzene rings is 1. The predicted molar refractivity (Wildman–Crippen MR) is 112 cm³/mol.